The molecule has 0 radical (unpaired) electrons. The number of likely N-dealkylation sites (tertiary alicyclic amines) is 1. The lowest BCUT2D eigenvalue weighted by Gasteiger charge is -2.36. The number of carbonyl (C=O) groups excluding carboxylic acids is 2. The second kappa shape index (κ2) is 12.3. The van der Waals surface area contributed by atoms with Crippen LogP contribution in [0.3, 0.4) is 0 Å². The van der Waals surface area contributed by atoms with Gasteiger partial charge in [-0.3, -0.25) is 14.6 Å². The first kappa shape index (κ1) is 33.9. The Morgan fingerprint density at radius 3 is 2.26 bits per heavy atom. The molecule has 2 saturated heterocycles. The van der Waals surface area contributed by atoms with Crippen molar-refractivity contribution in [3.8, 4) is 5.75 Å². The summed E-state index contributed by atoms with van der Waals surface area (Å²) in [7, 11) is -3.89. The number of ether oxygens (including phenoxy) is 1. The SMILES string of the molecule is Cc1cc(C(=O)N2CCC(C)(O)CC2)cc(C)c1/C=C/S(=O)(=O)N1CCC2(CC1)N=C(c1ccc(Cl)c(OC(F)(F)F)c1)NC2=O. The van der Waals surface area contributed by atoms with Crippen molar-refractivity contribution in [1.29, 1.82) is 0 Å². The summed E-state index contributed by atoms with van der Waals surface area (Å²) in [5.74, 6) is -1.20. The van der Waals surface area contributed by atoms with Gasteiger partial charge in [0.1, 0.15) is 17.1 Å². The van der Waals surface area contributed by atoms with Crippen LogP contribution in [0.15, 0.2) is 40.7 Å². The molecule has 2 aromatic carbocycles. The molecule has 10 nitrogen and oxygen atoms in total. The second-order valence-electron chi connectivity index (χ2n) is 12.2. The molecule has 5 rings (SSSR count). The van der Waals surface area contributed by atoms with E-state index in [1.807, 2.05) is 0 Å². The summed E-state index contributed by atoms with van der Waals surface area (Å²) in [5, 5.41) is 13.6. The molecule has 3 aliphatic rings. The summed E-state index contributed by atoms with van der Waals surface area (Å²) < 4.78 is 70.1. The van der Waals surface area contributed by atoms with E-state index in [2.05, 4.69) is 15.0 Å². The van der Waals surface area contributed by atoms with Crippen LogP contribution in [0.2, 0.25) is 5.02 Å². The summed E-state index contributed by atoms with van der Waals surface area (Å²) in [5.41, 5.74) is 0.729. The summed E-state index contributed by atoms with van der Waals surface area (Å²) in [4.78, 5) is 32.3. The van der Waals surface area contributed by atoms with Crippen molar-refractivity contribution < 1.29 is 41.0 Å². The van der Waals surface area contributed by atoms with Crippen LogP contribution in [0.4, 0.5) is 13.2 Å². The Labute approximate surface area is 269 Å². The number of amides is 2. The minimum absolute atomic E-state index is 0.00590. The molecule has 15 heteroatoms. The van der Waals surface area contributed by atoms with Crippen LogP contribution >= 0.6 is 11.6 Å². The molecular formula is C31H34ClF3N4O6S. The minimum atomic E-state index is -4.96. The molecule has 248 valence electrons. The molecule has 3 aliphatic heterocycles. The van der Waals surface area contributed by atoms with Gasteiger partial charge in [0.2, 0.25) is 10.0 Å². The lowest BCUT2D eigenvalue weighted by molar-refractivity contribution is -0.274. The summed E-state index contributed by atoms with van der Waals surface area (Å²) in [6, 6.07) is 7.09. The van der Waals surface area contributed by atoms with Crippen molar-refractivity contribution in [2.24, 2.45) is 4.99 Å². The zero-order valence-corrected chi connectivity index (χ0v) is 27.0. The van der Waals surface area contributed by atoms with E-state index in [0.717, 1.165) is 22.6 Å². The van der Waals surface area contributed by atoms with Gasteiger partial charge in [0.15, 0.2) is 0 Å². The molecular weight excluding hydrogens is 649 g/mol. The fourth-order valence-electron chi connectivity index (χ4n) is 5.93. The second-order valence-corrected chi connectivity index (χ2v) is 14.4. The van der Waals surface area contributed by atoms with E-state index < -0.39 is 39.2 Å². The van der Waals surface area contributed by atoms with Gasteiger partial charge in [-0.15, -0.1) is 13.2 Å². The van der Waals surface area contributed by atoms with Crippen LogP contribution in [-0.2, 0) is 14.8 Å². The van der Waals surface area contributed by atoms with Crippen molar-refractivity contribution in [1.82, 2.24) is 14.5 Å². The number of amidine groups is 1. The van der Waals surface area contributed by atoms with Gasteiger partial charge in [-0.2, -0.15) is 4.31 Å². The highest BCUT2D eigenvalue weighted by molar-refractivity contribution is 7.92. The first-order chi connectivity index (χ1) is 21.4. The number of rotatable bonds is 6. The number of hydrogen-bond acceptors (Lipinski definition) is 7. The van der Waals surface area contributed by atoms with Crippen molar-refractivity contribution in [3.05, 3.63) is 68.6 Å². The number of sulfonamides is 1. The molecule has 1 spiro atoms. The minimum Gasteiger partial charge on any atom is -0.404 e. The number of halogens is 4. The third-order valence-electron chi connectivity index (χ3n) is 8.70. The number of piperidine rings is 2. The van der Waals surface area contributed by atoms with Gasteiger partial charge in [-0.05, 0) is 99.6 Å². The molecule has 0 saturated carbocycles. The van der Waals surface area contributed by atoms with E-state index >= 15 is 0 Å². The molecule has 2 aromatic rings. The Hall–Kier alpha value is -3.46. The van der Waals surface area contributed by atoms with Gasteiger partial charge in [0.25, 0.3) is 11.8 Å². The Balaban J connectivity index is 1.26. The van der Waals surface area contributed by atoms with Crippen molar-refractivity contribution >= 4 is 45.4 Å². The molecule has 0 aromatic heterocycles. The number of carbonyl (C=O) groups is 2. The topological polar surface area (TPSA) is 129 Å². The number of aryl methyl sites for hydroxylation is 2. The van der Waals surface area contributed by atoms with Gasteiger partial charge in [0, 0.05) is 42.7 Å². The molecule has 46 heavy (non-hydrogen) atoms. The van der Waals surface area contributed by atoms with E-state index in [0.29, 0.717) is 37.1 Å². The highest BCUT2D eigenvalue weighted by Crippen LogP contribution is 2.35. The van der Waals surface area contributed by atoms with Crippen LogP contribution in [0, 0.1) is 13.8 Å². The molecule has 0 unspecified atom stereocenters. The fraction of sp³-hybridized carbons (Fsp3) is 0.452. The summed E-state index contributed by atoms with van der Waals surface area (Å²) in [6.45, 7) is 6.25. The fourth-order valence-corrected chi connectivity index (χ4v) is 7.26. The number of nitrogens with one attached hydrogen (secondary N) is 1. The van der Waals surface area contributed by atoms with Crippen molar-refractivity contribution in [2.45, 2.75) is 64.0 Å². The molecule has 0 aliphatic carbocycles. The largest absolute Gasteiger partial charge is 0.573 e. The van der Waals surface area contributed by atoms with Crippen LogP contribution in [-0.4, -0.2) is 84.1 Å². The van der Waals surface area contributed by atoms with E-state index in [1.54, 1.807) is 37.8 Å². The van der Waals surface area contributed by atoms with Gasteiger partial charge in [-0.1, -0.05) is 11.6 Å². The lowest BCUT2D eigenvalue weighted by atomic mass is 9.89. The van der Waals surface area contributed by atoms with Crippen LogP contribution in [0.5, 0.6) is 5.75 Å². The van der Waals surface area contributed by atoms with Gasteiger partial charge < -0.3 is 20.1 Å². The third-order valence-corrected chi connectivity index (χ3v) is 10.6. The number of aliphatic hydroxyl groups is 1. The normalized spacial score (nSPS) is 20.2. The summed E-state index contributed by atoms with van der Waals surface area (Å²) in [6.07, 6.45) is -2.35. The maximum absolute atomic E-state index is 13.3. The number of benzene rings is 2. The van der Waals surface area contributed by atoms with Gasteiger partial charge in [-0.25, -0.2) is 8.42 Å². The molecule has 0 bridgehead atoms. The number of aliphatic imine (C=N–C) groups is 1. The number of nitrogens with zero attached hydrogens (tertiary/aromatic N) is 3. The quantitative estimate of drug-likeness (QED) is 0.460. The van der Waals surface area contributed by atoms with Crippen molar-refractivity contribution in [3.63, 3.8) is 0 Å². The molecule has 2 fully saturated rings. The predicted molar refractivity (Wildman–Crippen MR) is 166 cm³/mol. The monoisotopic (exact) mass is 682 g/mol. The Morgan fingerprint density at radius 1 is 1.07 bits per heavy atom. The predicted octanol–water partition coefficient (Wildman–Crippen LogP) is 4.55. The third kappa shape index (κ3) is 7.24. The molecule has 3 heterocycles. The van der Waals surface area contributed by atoms with E-state index in [-0.39, 0.29) is 48.3 Å². The zero-order valence-electron chi connectivity index (χ0n) is 25.4. The van der Waals surface area contributed by atoms with Crippen LogP contribution < -0.4 is 10.1 Å². The number of alkyl halides is 3. The summed E-state index contributed by atoms with van der Waals surface area (Å²) >= 11 is 5.83. The standard InChI is InChI=1S/C31H34ClF3N4O6S/c1-19-16-22(27(40)38-11-7-29(3,42)8-12-38)17-20(2)23(19)6-15-46(43,44)39-13-9-30(10-14-39)28(41)36-26(37-30)21-4-5-24(32)25(18-21)45-31(33,34)35/h4-6,15-18,42H,7-14H2,1-3H3,(H,36,37,41)/b15-6+. The zero-order chi connectivity index (χ0) is 33.7. The van der Waals surface area contributed by atoms with Gasteiger partial charge in [0.05, 0.1) is 10.6 Å². The Morgan fingerprint density at radius 2 is 1.67 bits per heavy atom. The van der Waals surface area contributed by atoms with Gasteiger partial charge >= 0.3 is 6.36 Å². The highest BCUT2D eigenvalue weighted by atomic mass is 35.5. The van der Waals surface area contributed by atoms with E-state index in [1.165, 1.54) is 22.5 Å². The average Bonchev–Trinajstić information content (AvgIpc) is 3.27. The first-order valence-electron chi connectivity index (χ1n) is 14.7. The lowest BCUT2D eigenvalue weighted by Crippen LogP contribution is -2.50. The average molecular weight is 683 g/mol. The van der Waals surface area contributed by atoms with E-state index in [4.69, 9.17) is 11.6 Å². The van der Waals surface area contributed by atoms with Crippen LogP contribution in [0.1, 0.15) is 65.2 Å². The first-order valence-corrected chi connectivity index (χ1v) is 16.5. The Kier molecular flexibility index (Phi) is 9.05. The van der Waals surface area contributed by atoms with Crippen LogP contribution in [0.25, 0.3) is 6.08 Å². The maximum atomic E-state index is 13.3. The number of hydrogen-bond donors (Lipinski definition) is 2. The van der Waals surface area contributed by atoms with Crippen molar-refractivity contribution in [2.75, 3.05) is 26.2 Å². The molecule has 2 amide bonds. The maximum Gasteiger partial charge on any atom is 0.573 e. The molecule has 2 N–H and O–H groups in total. The Bertz CT molecular complexity index is 1700. The smallest absolute Gasteiger partial charge is 0.404 e. The van der Waals surface area contributed by atoms with E-state index in [9.17, 15) is 36.3 Å². The highest BCUT2D eigenvalue weighted by Gasteiger charge is 2.47. The molecule has 0 atom stereocenters.